The maximum atomic E-state index is 14.0. The third-order valence-electron chi connectivity index (χ3n) is 14.0. The van der Waals surface area contributed by atoms with Gasteiger partial charge in [0, 0.05) is 45.1 Å². The molecule has 2 heterocycles. The molecule has 4 aromatic carbocycles. The number of hydrogen-bond donors (Lipinski definition) is 0. The fourth-order valence-electron chi connectivity index (χ4n) is 9.38. The van der Waals surface area contributed by atoms with Gasteiger partial charge in [-0.15, -0.1) is 0 Å². The molecule has 380 valence electrons. The van der Waals surface area contributed by atoms with Crippen LogP contribution in [0.25, 0.3) is 0 Å². The zero-order valence-corrected chi connectivity index (χ0v) is 44.4. The van der Waals surface area contributed by atoms with Gasteiger partial charge in [-0.3, -0.25) is 0 Å². The third kappa shape index (κ3) is 15.7. The molecule has 2 aliphatic rings. The van der Waals surface area contributed by atoms with Crippen LogP contribution in [-0.2, 0) is 67.2 Å². The molecule has 0 aliphatic carbocycles. The maximum Gasteiger partial charge on any atom is 0.192 e. The largest absolute Gasteiger partial charge is 0.493 e. The molecule has 69 heavy (non-hydrogen) atoms. The number of benzene rings is 4. The zero-order chi connectivity index (χ0) is 49.7. The van der Waals surface area contributed by atoms with Gasteiger partial charge in [0.2, 0.25) is 0 Å². The molecule has 6 rings (SSSR count). The van der Waals surface area contributed by atoms with Crippen LogP contribution in [0.2, 0.25) is 18.1 Å². The van der Waals surface area contributed by atoms with Crippen LogP contribution in [0.4, 0.5) is 0 Å². The van der Waals surface area contributed by atoms with Crippen molar-refractivity contribution in [1.29, 1.82) is 0 Å². The van der Waals surface area contributed by atoms with E-state index in [2.05, 4.69) is 52.9 Å². The van der Waals surface area contributed by atoms with E-state index >= 15 is 0 Å². The molecule has 0 saturated carbocycles. The summed E-state index contributed by atoms with van der Waals surface area (Å²) in [4.78, 5) is 0.267. The van der Waals surface area contributed by atoms with Gasteiger partial charge in [0.1, 0.15) is 6.79 Å². The van der Waals surface area contributed by atoms with Crippen LogP contribution in [0.5, 0.6) is 11.5 Å². The van der Waals surface area contributed by atoms with Gasteiger partial charge in [0.15, 0.2) is 35.4 Å². The zero-order valence-electron chi connectivity index (χ0n) is 42.6. The summed E-state index contributed by atoms with van der Waals surface area (Å²) in [6, 6.07) is 34.3. The van der Waals surface area contributed by atoms with E-state index < -0.39 is 42.1 Å². The minimum atomic E-state index is -3.69. The Morgan fingerprint density at radius 1 is 0.696 bits per heavy atom. The second kappa shape index (κ2) is 25.1. The van der Waals surface area contributed by atoms with Crippen molar-refractivity contribution < 1.29 is 55.5 Å². The fraction of sp³-hybridized carbons (Fsp3) is 0.564. The van der Waals surface area contributed by atoms with Crippen molar-refractivity contribution in [3.8, 4) is 11.5 Å². The maximum absolute atomic E-state index is 14.0. The Labute approximate surface area is 413 Å². The van der Waals surface area contributed by atoms with Gasteiger partial charge in [-0.05, 0) is 65.0 Å². The summed E-state index contributed by atoms with van der Waals surface area (Å²) >= 11 is 0. The van der Waals surface area contributed by atoms with E-state index in [-0.39, 0.29) is 59.4 Å². The van der Waals surface area contributed by atoms with E-state index in [9.17, 15) is 8.42 Å². The lowest BCUT2D eigenvalue weighted by atomic mass is 9.84. The first-order valence-corrected chi connectivity index (χ1v) is 29.0. The number of methoxy groups -OCH3 is 3. The van der Waals surface area contributed by atoms with E-state index in [0.29, 0.717) is 63.4 Å². The summed E-state index contributed by atoms with van der Waals surface area (Å²) in [5, 5.41) is 0.00168. The molecule has 0 N–H and O–H groups in total. The van der Waals surface area contributed by atoms with Crippen LogP contribution in [0.3, 0.4) is 0 Å². The number of sulfone groups is 1. The molecule has 0 aromatic heterocycles. The Bertz CT molecular complexity index is 2240. The molecule has 0 bridgehead atoms. The first kappa shape index (κ1) is 54.7. The van der Waals surface area contributed by atoms with Gasteiger partial charge in [-0.2, -0.15) is 0 Å². The molecular formula is C55H78O12SSi. The average molecular weight is 991 g/mol. The van der Waals surface area contributed by atoms with Gasteiger partial charge in [-0.1, -0.05) is 120 Å². The van der Waals surface area contributed by atoms with Crippen molar-refractivity contribution in [3.63, 3.8) is 0 Å². The molecule has 4 aromatic rings. The summed E-state index contributed by atoms with van der Waals surface area (Å²) in [7, 11) is -0.959. The molecular weight excluding hydrogens is 913 g/mol. The molecule has 0 radical (unpaired) electrons. The lowest BCUT2D eigenvalue weighted by molar-refractivity contribution is -0.345. The monoisotopic (exact) mass is 990 g/mol. The van der Waals surface area contributed by atoms with Crippen molar-refractivity contribution in [2.45, 2.75) is 152 Å². The van der Waals surface area contributed by atoms with E-state index in [1.54, 1.807) is 45.6 Å². The SMILES string of the molecule is COc1ccc(CO[C@H]([C@H](C)[C@@H](C[C@@H]2C[C@H](OC)C[C@@]3(C[C@@H](O[Si](C)(C)C(C)(C)C)C[C@H](COCc4ccccc4)O3)O2)OCOCc2ccccc2)[C@H](C)CS(=O)(=O)c2ccccc2)cc1OC. The normalized spacial score (nSPS) is 23.0. The third-order valence-corrected chi connectivity index (χ3v) is 20.5. The second-order valence-corrected chi connectivity index (χ2v) is 27.2. The molecule has 2 fully saturated rings. The van der Waals surface area contributed by atoms with Gasteiger partial charge in [-0.25, -0.2) is 8.42 Å². The highest BCUT2D eigenvalue weighted by Gasteiger charge is 2.52. The standard InChI is InChI=1S/C55H78O12SSi/c1-40(38-68(56,57)49-24-18-13-19-25-49)53(63-36-44-26-27-50(59-7)52(28-44)60-8)41(2)51(64-39-62-35-43-22-16-12-17-23-43)31-45-29-46(58-6)32-55(65-45)33-47(67-69(9,10)54(3,4)5)30-48(66-55)37-61-34-42-20-14-11-15-21-42/h11-28,40-41,45-48,51,53H,29-39H2,1-10H3/t40-,41-,45+,46+,47+,48-,51-,53+,55-/m1/s1. The van der Waals surface area contributed by atoms with Crippen molar-refractivity contribution in [2.24, 2.45) is 11.8 Å². The highest BCUT2D eigenvalue weighted by molar-refractivity contribution is 7.91. The summed E-state index contributed by atoms with van der Waals surface area (Å²) < 4.78 is 93.0. The summed E-state index contributed by atoms with van der Waals surface area (Å²) in [5.74, 6) is -0.798. The summed E-state index contributed by atoms with van der Waals surface area (Å²) in [6.45, 7) is 16.8. The Morgan fingerprint density at radius 3 is 1.88 bits per heavy atom. The predicted octanol–water partition coefficient (Wildman–Crippen LogP) is 11.0. The quantitative estimate of drug-likeness (QED) is 0.0356. The highest BCUT2D eigenvalue weighted by Crippen LogP contribution is 2.46. The molecule has 2 aliphatic heterocycles. The first-order chi connectivity index (χ1) is 32.9. The molecule has 0 amide bonds. The average Bonchev–Trinajstić information content (AvgIpc) is 3.32. The predicted molar refractivity (Wildman–Crippen MR) is 270 cm³/mol. The molecule has 1 spiro atoms. The van der Waals surface area contributed by atoms with Crippen LogP contribution in [0, 0.1) is 11.8 Å². The minimum Gasteiger partial charge on any atom is -0.493 e. The molecule has 9 atom stereocenters. The number of rotatable bonds is 25. The Kier molecular flexibility index (Phi) is 19.9. The van der Waals surface area contributed by atoms with Gasteiger partial charge in [0.25, 0.3) is 0 Å². The lowest BCUT2D eigenvalue weighted by Gasteiger charge is -2.52. The van der Waals surface area contributed by atoms with E-state index in [4.69, 9.17) is 47.1 Å². The van der Waals surface area contributed by atoms with Crippen LogP contribution in [-0.4, -0.2) is 99.6 Å². The Hall–Kier alpha value is -3.67. The lowest BCUT2D eigenvalue weighted by Crippen LogP contribution is -2.58. The molecule has 14 heteroatoms. The smallest absolute Gasteiger partial charge is 0.192 e. The van der Waals surface area contributed by atoms with Crippen LogP contribution >= 0.6 is 0 Å². The second-order valence-electron chi connectivity index (χ2n) is 20.4. The Morgan fingerprint density at radius 2 is 1.28 bits per heavy atom. The summed E-state index contributed by atoms with van der Waals surface area (Å²) in [5.41, 5.74) is 2.96. The van der Waals surface area contributed by atoms with Crippen molar-refractivity contribution in [2.75, 3.05) is 40.5 Å². The van der Waals surface area contributed by atoms with Crippen LogP contribution < -0.4 is 9.47 Å². The minimum absolute atomic E-state index is 0.00168. The molecule has 12 nitrogen and oxygen atoms in total. The van der Waals surface area contributed by atoms with Gasteiger partial charge < -0.3 is 47.1 Å². The highest BCUT2D eigenvalue weighted by atomic mass is 32.2. The topological polar surface area (TPSA) is 126 Å². The fourth-order valence-corrected chi connectivity index (χ4v) is 12.4. The van der Waals surface area contributed by atoms with Crippen molar-refractivity contribution in [1.82, 2.24) is 0 Å². The summed E-state index contributed by atoms with van der Waals surface area (Å²) in [6.07, 6.45) is 0.699. The van der Waals surface area contributed by atoms with Crippen LogP contribution in [0.15, 0.2) is 114 Å². The van der Waals surface area contributed by atoms with Gasteiger partial charge >= 0.3 is 0 Å². The van der Waals surface area contributed by atoms with E-state index in [0.717, 1.165) is 16.7 Å². The Balaban J connectivity index is 1.30. The van der Waals surface area contributed by atoms with E-state index in [1.165, 1.54) is 0 Å². The van der Waals surface area contributed by atoms with Gasteiger partial charge in [0.05, 0.1) is 87.9 Å². The van der Waals surface area contributed by atoms with Crippen molar-refractivity contribution in [3.05, 3.63) is 126 Å². The van der Waals surface area contributed by atoms with E-state index in [1.807, 2.05) is 79.7 Å². The number of ether oxygens (including phenoxy) is 9. The molecule has 2 saturated heterocycles. The van der Waals surface area contributed by atoms with Crippen molar-refractivity contribution >= 4 is 18.2 Å². The number of hydrogen-bond acceptors (Lipinski definition) is 12. The first-order valence-electron chi connectivity index (χ1n) is 24.4. The molecule has 0 unspecified atom stereocenters. The van der Waals surface area contributed by atoms with Crippen LogP contribution in [0.1, 0.15) is 83.4 Å².